The average Bonchev–Trinajstić information content (AvgIpc) is 3.45. The van der Waals surface area contributed by atoms with E-state index in [1.54, 1.807) is 5.56 Å². The summed E-state index contributed by atoms with van der Waals surface area (Å²) in [7, 11) is 0. The van der Waals surface area contributed by atoms with Crippen LogP contribution in [0.15, 0.2) is 48.5 Å². The van der Waals surface area contributed by atoms with Crippen molar-refractivity contribution in [2.24, 2.45) is 51.2 Å². The lowest BCUT2D eigenvalue weighted by Gasteiger charge is -2.68. The Morgan fingerprint density at radius 3 is 2.28 bits per heavy atom. The molecule has 1 heterocycles. The van der Waals surface area contributed by atoms with E-state index in [2.05, 4.69) is 92.9 Å². The molecule has 2 aromatic rings. The van der Waals surface area contributed by atoms with Crippen LogP contribution in [0.25, 0.3) is 0 Å². The lowest BCUT2D eigenvalue weighted by atomic mass is 9.36. The molecule has 1 saturated heterocycles. The predicted molar refractivity (Wildman–Crippen MR) is 194 cm³/mol. The zero-order valence-corrected chi connectivity index (χ0v) is 30.1. The lowest BCUT2D eigenvalue weighted by Crippen LogP contribution is -2.61. The van der Waals surface area contributed by atoms with Crippen molar-refractivity contribution in [1.82, 2.24) is 4.90 Å². The fourth-order valence-electron chi connectivity index (χ4n) is 14.3. The molecule has 2 heteroatoms. The Morgan fingerprint density at radius 2 is 1.46 bits per heavy atom. The van der Waals surface area contributed by atoms with Crippen LogP contribution < -0.4 is 4.90 Å². The van der Waals surface area contributed by atoms with Gasteiger partial charge in [0.15, 0.2) is 0 Å². The third kappa shape index (κ3) is 5.21. The highest BCUT2D eigenvalue weighted by atomic mass is 15.3. The standard InChI is InChI=1S/C44H64N2/c1-32-10-6-12-34(28-32)31-45-24-26-46(27-25-45)35-13-7-11-33(29-35)30-44-21-8-14-38(44)36-15-16-40-42(4,37(36)17-23-44)22-18-39-41(2,3)19-9-20-43(39,40)5/h6-7,10-13,28-29,36-40H,8-9,14-27,30-31H2,1-5H3. The molecule has 2 aromatic carbocycles. The van der Waals surface area contributed by atoms with Gasteiger partial charge < -0.3 is 4.90 Å². The fraction of sp³-hybridized carbons (Fsp3) is 0.727. The van der Waals surface area contributed by atoms with Crippen molar-refractivity contribution < 1.29 is 0 Å². The van der Waals surface area contributed by atoms with Crippen molar-refractivity contribution in [3.05, 3.63) is 65.2 Å². The second kappa shape index (κ2) is 11.7. The molecule has 6 fully saturated rings. The van der Waals surface area contributed by atoms with Gasteiger partial charge in [-0.25, -0.2) is 0 Å². The minimum absolute atomic E-state index is 0.543. The van der Waals surface area contributed by atoms with Crippen LogP contribution in [-0.4, -0.2) is 31.1 Å². The summed E-state index contributed by atoms with van der Waals surface area (Å²) in [4.78, 5) is 5.31. The molecule has 1 aliphatic heterocycles. The van der Waals surface area contributed by atoms with E-state index in [0.717, 1.165) is 62.3 Å². The summed E-state index contributed by atoms with van der Waals surface area (Å²) in [5.74, 6) is 4.83. The molecule has 250 valence electrons. The van der Waals surface area contributed by atoms with Crippen molar-refractivity contribution in [1.29, 1.82) is 0 Å². The van der Waals surface area contributed by atoms with E-state index in [9.17, 15) is 0 Å². The zero-order chi connectivity index (χ0) is 31.7. The summed E-state index contributed by atoms with van der Waals surface area (Å²) in [5.41, 5.74) is 8.19. The van der Waals surface area contributed by atoms with Crippen molar-refractivity contribution in [2.75, 3.05) is 31.1 Å². The Hall–Kier alpha value is -1.80. The molecular weight excluding hydrogens is 556 g/mol. The van der Waals surface area contributed by atoms with Gasteiger partial charge in [0.25, 0.3) is 0 Å². The average molecular weight is 621 g/mol. The van der Waals surface area contributed by atoms with E-state index in [0.29, 0.717) is 21.7 Å². The first-order chi connectivity index (χ1) is 22.1. The largest absolute Gasteiger partial charge is 0.369 e. The molecule has 8 atom stereocenters. The number of piperazine rings is 1. The normalized spacial score (nSPS) is 40.5. The summed E-state index contributed by atoms with van der Waals surface area (Å²) < 4.78 is 0. The van der Waals surface area contributed by atoms with E-state index in [4.69, 9.17) is 0 Å². The number of anilines is 1. The summed E-state index contributed by atoms with van der Waals surface area (Å²) in [6, 6.07) is 18.9. The van der Waals surface area contributed by atoms with Gasteiger partial charge in [-0.2, -0.15) is 0 Å². The van der Waals surface area contributed by atoms with Crippen molar-refractivity contribution in [3.63, 3.8) is 0 Å². The first-order valence-corrected chi connectivity index (χ1v) is 19.7. The lowest BCUT2D eigenvalue weighted by molar-refractivity contribution is -0.195. The number of nitrogens with zero attached hydrogens (tertiary/aromatic N) is 2. The van der Waals surface area contributed by atoms with Gasteiger partial charge >= 0.3 is 0 Å². The molecule has 0 aromatic heterocycles. The Labute approximate surface area is 282 Å². The molecule has 0 bridgehead atoms. The molecule has 0 spiro atoms. The van der Waals surface area contributed by atoms with Crippen LogP contribution in [0.2, 0.25) is 0 Å². The molecular formula is C44H64N2. The fourth-order valence-corrected chi connectivity index (χ4v) is 14.3. The summed E-state index contributed by atoms with van der Waals surface area (Å²) in [5, 5.41) is 0. The highest BCUT2D eigenvalue weighted by molar-refractivity contribution is 5.49. The molecule has 46 heavy (non-hydrogen) atoms. The number of hydrogen-bond acceptors (Lipinski definition) is 2. The first-order valence-electron chi connectivity index (χ1n) is 19.7. The molecule has 0 amide bonds. The van der Waals surface area contributed by atoms with Crippen LogP contribution >= 0.6 is 0 Å². The molecule has 5 saturated carbocycles. The monoisotopic (exact) mass is 621 g/mol. The molecule has 6 aliphatic rings. The Morgan fingerprint density at radius 1 is 0.652 bits per heavy atom. The van der Waals surface area contributed by atoms with Crippen molar-refractivity contribution >= 4 is 5.69 Å². The quantitative estimate of drug-likeness (QED) is 0.328. The van der Waals surface area contributed by atoms with Gasteiger partial charge in [-0.3, -0.25) is 4.90 Å². The van der Waals surface area contributed by atoms with E-state index in [1.807, 2.05) is 0 Å². The van der Waals surface area contributed by atoms with Gasteiger partial charge in [0.05, 0.1) is 0 Å². The predicted octanol–water partition coefficient (Wildman–Crippen LogP) is 10.7. The Balaban J connectivity index is 0.954. The molecule has 0 radical (unpaired) electrons. The molecule has 5 aliphatic carbocycles. The number of aryl methyl sites for hydroxylation is 1. The van der Waals surface area contributed by atoms with E-state index in [-0.39, 0.29) is 0 Å². The maximum Gasteiger partial charge on any atom is 0.0369 e. The third-order valence-electron chi connectivity index (χ3n) is 16.1. The molecule has 0 N–H and O–H groups in total. The summed E-state index contributed by atoms with van der Waals surface area (Å²) in [6.45, 7) is 18.7. The second-order valence-electron chi connectivity index (χ2n) is 18.8. The Bertz CT molecular complexity index is 1400. The maximum atomic E-state index is 2.82. The van der Waals surface area contributed by atoms with Gasteiger partial charge in [0.2, 0.25) is 0 Å². The van der Waals surface area contributed by atoms with E-state index < -0.39 is 0 Å². The SMILES string of the molecule is Cc1cccc(CN2CCN(c3cccc(CC45CCCC4C4CCC6C(C)(CCC7C(C)(C)CCCC76C)C4CC5)c3)CC2)c1. The molecule has 8 rings (SSSR count). The van der Waals surface area contributed by atoms with Crippen molar-refractivity contribution in [2.45, 2.75) is 125 Å². The molecule has 8 unspecified atom stereocenters. The van der Waals surface area contributed by atoms with Crippen LogP contribution in [-0.2, 0) is 13.0 Å². The van der Waals surface area contributed by atoms with E-state index >= 15 is 0 Å². The van der Waals surface area contributed by atoms with Crippen LogP contribution in [0.5, 0.6) is 0 Å². The van der Waals surface area contributed by atoms with Gasteiger partial charge in [-0.05, 0) is 152 Å². The minimum atomic E-state index is 0.543. The second-order valence-corrected chi connectivity index (χ2v) is 18.8. The van der Waals surface area contributed by atoms with Crippen LogP contribution in [0.4, 0.5) is 5.69 Å². The van der Waals surface area contributed by atoms with Gasteiger partial charge in [-0.15, -0.1) is 0 Å². The highest BCUT2D eigenvalue weighted by Crippen LogP contribution is 2.73. The first kappa shape index (κ1) is 31.5. The van der Waals surface area contributed by atoms with Crippen LogP contribution in [0, 0.1) is 58.2 Å². The van der Waals surface area contributed by atoms with Gasteiger partial charge in [0.1, 0.15) is 0 Å². The van der Waals surface area contributed by atoms with E-state index in [1.165, 1.54) is 100 Å². The number of benzene rings is 2. The number of fused-ring (bicyclic) bond motifs is 7. The van der Waals surface area contributed by atoms with Gasteiger partial charge in [-0.1, -0.05) is 82.5 Å². The Kier molecular flexibility index (Phi) is 7.98. The smallest absolute Gasteiger partial charge is 0.0369 e. The summed E-state index contributed by atoms with van der Waals surface area (Å²) >= 11 is 0. The minimum Gasteiger partial charge on any atom is -0.369 e. The van der Waals surface area contributed by atoms with Crippen molar-refractivity contribution in [3.8, 4) is 0 Å². The number of hydrogen-bond donors (Lipinski definition) is 0. The molecule has 2 nitrogen and oxygen atoms in total. The maximum absolute atomic E-state index is 2.82. The zero-order valence-electron chi connectivity index (χ0n) is 30.1. The van der Waals surface area contributed by atoms with Crippen LogP contribution in [0.3, 0.4) is 0 Å². The highest BCUT2D eigenvalue weighted by Gasteiger charge is 2.65. The number of rotatable bonds is 5. The third-order valence-corrected chi connectivity index (χ3v) is 16.1. The van der Waals surface area contributed by atoms with Gasteiger partial charge in [0, 0.05) is 38.4 Å². The summed E-state index contributed by atoms with van der Waals surface area (Å²) in [6.07, 6.45) is 19.3. The van der Waals surface area contributed by atoms with Crippen LogP contribution in [0.1, 0.15) is 121 Å². The topological polar surface area (TPSA) is 6.48 Å².